The van der Waals surface area contributed by atoms with Gasteiger partial charge in [0.2, 0.25) is 0 Å². The molecule has 1 N–H and O–H groups in total. The van der Waals surface area contributed by atoms with Gasteiger partial charge in [0.1, 0.15) is 0 Å². The zero-order chi connectivity index (χ0) is 14.3. The summed E-state index contributed by atoms with van der Waals surface area (Å²) in [6, 6.07) is 0.359. The number of likely N-dealkylation sites (N-methyl/N-ethyl adjacent to an activating group) is 1. The van der Waals surface area contributed by atoms with Crippen LogP contribution in [0.4, 0.5) is 0 Å². The first-order valence-electron chi connectivity index (χ1n) is 7.98. The highest BCUT2D eigenvalue weighted by atomic mass is 16.5. The Bertz CT molecular complexity index is 277. The Balaban J connectivity index is 2.87. The number of nitrogens with one attached hydrogen (secondary N) is 1. The van der Waals surface area contributed by atoms with Gasteiger partial charge >= 0.3 is 0 Å². The molecule has 0 bridgehead atoms. The molecule has 1 aliphatic rings. The second-order valence-electron chi connectivity index (χ2n) is 6.74. The van der Waals surface area contributed by atoms with Crippen LogP contribution in [0.25, 0.3) is 0 Å². The normalized spacial score (nSPS) is 21.2. The van der Waals surface area contributed by atoms with Crippen molar-refractivity contribution >= 4 is 0 Å². The van der Waals surface area contributed by atoms with Crippen molar-refractivity contribution < 1.29 is 4.74 Å². The van der Waals surface area contributed by atoms with E-state index in [-0.39, 0.29) is 11.5 Å². The maximum atomic E-state index is 6.08. The third-order valence-corrected chi connectivity index (χ3v) is 4.04. The van der Waals surface area contributed by atoms with Gasteiger partial charge in [0, 0.05) is 6.61 Å². The molecule has 0 heterocycles. The van der Waals surface area contributed by atoms with E-state index in [0.29, 0.717) is 6.04 Å². The molecule has 0 fully saturated rings. The fraction of sp³-hybridized carbons (Fsp3) is 0.882. The monoisotopic (exact) mass is 267 g/mol. The minimum atomic E-state index is 0.160. The fourth-order valence-corrected chi connectivity index (χ4v) is 3.06. The summed E-state index contributed by atoms with van der Waals surface area (Å²) in [7, 11) is 2.07. The summed E-state index contributed by atoms with van der Waals surface area (Å²) >= 11 is 0. The van der Waals surface area contributed by atoms with Crippen LogP contribution in [0.1, 0.15) is 66.2 Å². The molecule has 0 spiro atoms. The van der Waals surface area contributed by atoms with Crippen LogP contribution in [0, 0.1) is 5.41 Å². The molecule has 0 saturated heterocycles. The Morgan fingerprint density at radius 1 is 1.21 bits per heavy atom. The lowest BCUT2D eigenvalue weighted by molar-refractivity contribution is -0.0272. The average Bonchev–Trinajstić information content (AvgIpc) is 2.29. The van der Waals surface area contributed by atoms with Gasteiger partial charge in [-0.2, -0.15) is 0 Å². The molecule has 0 aromatic rings. The summed E-state index contributed by atoms with van der Waals surface area (Å²) in [4.78, 5) is 0. The second kappa shape index (κ2) is 8.06. The Kier molecular flexibility index (Phi) is 7.09. The van der Waals surface area contributed by atoms with Crippen LogP contribution >= 0.6 is 0 Å². The van der Waals surface area contributed by atoms with Gasteiger partial charge in [-0.15, -0.1) is 0 Å². The molecule has 0 aromatic carbocycles. The van der Waals surface area contributed by atoms with Gasteiger partial charge < -0.3 is 10.1 Å². The molecular formula is C17H33NO. The van der Waals surface area contributed by atoms with Crippen molar-refractivity contribution in [1.82, 2.24) is 5.32 Å². The first-order chi connectivity index (χ1) is 9.00. The van der Waals surface area contributed by atoms with Crippen LogP contribution in [0.2, 0.25) is 0 Å². The predicted molar refractivity (Wildman–Crippen MR) is 83.5 cm³/mol. The van der Waals surface area contributed by atoms with E-state index in [2.05, 4.69) is 46.1 Å². The van der Waals surface area contributed by atoms with Gasteiger partial charge in [-0.3, -0.25) is 0 Å². The number of ether oxygens (including phenoxy) is 1. The number of hydrogen-bond acceptors (Lipinski definition) is 2. The summed E-state index contributed by atoms with van der Waals surface area (Å²) in [5.41, 5.74) is 1.72. The summed E-state index contributed by atoms with van der Waals surface area (Å²) in [6.07, 6.45) is 10.6. The quantitative estimate of drug-likeness (QED) is 0.750. The van der Waals surface area contributed by atoms with E-state index in [4.69, 9.17) is 4.74 Å². The molecule has 19 heavy (non-hydrogen) atoms. The molecule has 2 heteroatoms. The van der Waals surface area contributed by atoms with E-state index in [1.54, 1.807) is 5.57 Å². The third-order valence-electron chi connectivity index (χ3n) is 4.04. The largest absolute Gasteiger partial charge is 0.376 e. The third kappa shape index (κ3) is 5.27. The summed E-state index contributed by atoms with van der Waals surface area (Å²) in [6.45, 7) is 9.72. The lowest BCUT2D eigenvalue weighted by atomic mass is 9.80. The molecule has 2 unspecified atom stereocenters. The number of allylic oxidation sites excluding steroid dienone is 1. The molecule has 0 saturated carbocycles. The molecule has 0 amide bonds. The Hall–Kier alpha value is -0.340. The lowest BCUT2D eigenvalue weighted by Crippen LogP contribution is -2.48. The van der Waals surface area contributed by atoms with Crippen molar-refractivity contribution in [2.75, 3.05) is 13.7 Å². The highest BCUT2D eigenvalue weighted by Crippen LogP contribution is 2.31. The van der Waals surface area contributed by atoms with E-state index in [9.17, 15) is 0 Å². The summed E-state index contributed by atoms with van der Waals surface area (Å²) in [5.74, 6) is 0. The Labute approximate surface area is 120 Å². The second-order valence-corrected chi connectivity index (χ2v) is 6.74. The highest BCUT2D eigenvalue weighted by Gasteiger charge is 2.33. The van der Waals surface area contributed by atoms with Crippen molar-refractivity contribution in [3.05, 3.63) is 11.6 Å². The SMILES string of the molecule is CCOC(C(NC)C1=CCCCCCC1)C(C)(C)C. The van der Waals surface area contributed by atoms with E-state index < -0.39 is 0 Å². The van der Waals surface area contributed by atoms with Crippen LogP contribution in [0.3, 0.4) is 0 Å². The molecule has 0 radical (unpaired) electrons. The van der Waals surface area contributed by atoms with Gasteiger partial charge in [-0.1, -0.05) is 45.3 Å². The smallest absolute Gasteiger partial charge is 0.0814 e. The van der Waals surface area contributed by atoms with Gasteiger partial charge in [0.15, 0.2) is 0 Å². The minimum Gasteiger partial charge on any atom is -0.376 e. The molecular weight excluding hydrogens is 234 g/mol. The topological polar surface area (TPSA) is 21.3 Å². The highest BCUT2D eigenvalue weighted by molar-refractivity contribution is 5.15. The molecule has 0 aliphatic heterocycles. The summed E-state index contributed by atoms with van der Waals surface area (Å²) in [5, 5.41) is 3.52. The molecule has 0 aromatic heterocycles. The van der Waals surface area contributed by atoms with E-state index in [0.717, 1.165) is 6.61 Å². The van der Waals surface area contributed by atoms with Crippen molar-refractivity contribution in [3.8, 4) is 0 Å². The number of rotatable bonds is 5. The fourth-order valence-electron chi connectivity index (χ4n) is 3.06. The van der Waals surface area contributed by atoms with Crippen LogP contribution in [-0.2, 0) is 4.74 Å². The molecule has 1 aliphatic carbocycles. The first kappa shape index (κ1) is 16.7. The van der Waals surface area contributed by atoms with Crippen molar-refractivity contribution in [3.63, 3.8) is 0 Å². The minimum absolute atomic E-state index is 0.160. The van der Waals surface area contributed by atoms with Crippen LogP contribution in [-0.4, -0.2) is 25.8 Å². The van der Waals surface area contributed by atoms with Crippen LogP contribution in [0.15, 0.2) is 11.6 Å². The average molecular weight is 267 g/mol. The number of hydrogen-bond donors (Lipinski definition) is 1. The predicted octanol–water partition coefficient (Wildman–Crippen LogP) is 4.31. The maximum Gasteiger partial charge on any atom is 0.0814 e. The Morgan fingerprint density at radius 3 is 2.47 bits per heavy atom. The molecule has 112 valence electrons. The van der Waals surface area contributed by atoms with Crippen LogP contribution in [0.5, 0.6) is 0 Å². The molecule has 1 rings (SSSR count). The van der Waals surface area contributed by atoms with Gasteiger partial charge in [0.25, 0.3) is 0 Å². The van der Waals surface area contributed by atoms with Gasteiger partial charge in [-0.05, 0) is 45.1 Å². The van der Waals surface area contributed by atoms with Gasteiger partial charge in [0.05, 0.1) is 12.1 Å². The van der Waals surface area contributed by atoms with Crippen molar-refractivity contribution in [2.24, 2.45) is 5.41 Å². The molecule has 2 atom stereocenters. The standard InChI is InChI=1S/C17H33NO/c1-6-19-16(17(2,3)4)15(18-5)14-12-10-8-7-9-11-13-14/h12,15-16,18H,6-11,13H2,1-5H3. The zero-order valence-electron chi connectivity index (χ0n) is 13.6. The van der Waals surface area contributed by atoms with E-state index in [1.807, 2.05) is 0 Å². The van der Waals surface area contributed by atoms with Crippen LogP contribution < -0.4 is 5.32 Å². The lowest BCUT2D eigenvalue weighted by Gasteiger charge is -2.38. The Morgan fingerprint density at radius 2 is 1.89 bits per heavy atom. The first-order valence-corrected chi connectivity index (χ1v) is 7.98. The molecule has 2 nitrogen and oxygen atoms in total. The maximum absolute atomic E-state index is 6.08. The van der Waals surface area contributed by atoms with E-state index in [1.165, 1.54) is 38.5 Å². The summed E-state index contributed by atoms with van der Waals surface area (Å²) < 4.78 is 6.08. The zero-order valence-corrected chi connectivity index (χ0v) is 13.6. The van der Waals surface area contributed by atoms with Crippen molar-refractivity contribution in [2.45, 2.75) is 78.4 Å². The van der Waals surface area contributed by atoms with E-state index >= 15 is 0 Å². The van der Waals surface area contributed by atoms with Gasteiger partial charge in [-0.25, -0.2) is 0 Å². The van der Waals surface area contributed by atoms with Crippen molar-refractivity contribution in [1.29, 1.82) is 0 Å².